The Labute approximate surface area is 176 Å². The minimum absolute atomic E-state index is 0.456. The van der Waals surface area contributed by atoms with Gasteiger partial charge in [-0.05, 0) is 52.9 Å². The molecule has 0 bridgehead atoms. The van der Waals surface area contributed by atoms with E-state index in [-0.39, 0.29) is 0 Å². The molecule has 0 N–H and O–H groups in total. The maximum atomic E-state index is 5.83. The predicted molar refractivity (Wildman–Crippen MR) is 120 cm³/mol. The minimum atomic E-state index is 0.456. The highest BCUT2D eigenvalue weighted by Gasteiger charge is 2.07. The highest BCUT2D eigenvalue weighted by atomic mass is 16.5. The van der Waals surface area contributed by atoms with Crippen molar-refractivity contribution in [3.05, 3.63) is 107 Å². The molecule has 4 rings (SSSR count). The molecule has 1 aromatic heterocycles. The van der Waals surface area contributed by atoms with Gasteiger partial charge < -0.3 is 9.15 Å². The second-order valence-corrected chi connectivity index (χ2v) is 7.39. The fourth-order valence-electron chi connectivity index (χ4n) is 3.23. The van der Waals surface area contributed by atoms with Gasteiger partial charge in [0.15, 0.2) is 0 Å². The number of aromatic nitrogens is 2. The summed E-state index contributed by atoms with van der Waals surface area (Å²) < 4.78 is 11.6. The van der Waals surface area contributed by atoms with Gasteiger partial charge in [-0.2, -0.15) is 0 Å². The van der Waals surface area contributed by atoms with Gasteiger partial charge in [-0.15, -0.1) is 10.2 Å². The van der Waals surface area contributed by atoms with E-state index < -0.39 is 0 Å². The fourth-order valence-corrected chi connectivity index (χ4v) is 3.23. The van der Waals surface area contributed by atoms with Crippen LogP contribution in [0.4, 0.5) is 0 Å². The number of rotatable bonds is 7. The van der Waals surface area contributed by atoms with Crippen LogP contribution in [0.15, 0.2) is 83.3 Å². The van der Waals surface area contributed by atoms with Crippen molar-refractivity contribution >= 4 is 12.2 Å². The van der Waals surface area contributed by atoms with Crippen LogP contribution in [-0.4, -0.2) is 10.2 Å². The maximum absolute atomic E-state index is 5.83. The molecule has 150 valence electrons. The van der Waals surface area contributed by atoms with Crippen LogP contribution in [0.5, 0.6) is 11.5 Å². The molecule has 0 amide bonds. The van der Waals surface area contributed by atoms with E-state index in [1.807, 2.05) is 72.8 Å². The Hall–Kier alpha value is -3.66. The number of para-hydroxylation sites is 1. The number of hydrogen-bond acceptors (Lipinski definition) is 4. The summed E-state index contributed by atoms with van der Waals surface area (Å²) in [5, 5.41) is 8.32. The molecule has 4 heteroatoms. The molecule has 0 spiro atoms. The molecule has 1 heterocycles. The normalized spacial score (nSPS) is 11.3. The highest BCUT2D eigenvalue weighted by Crippen LogP contribution is 2.23. The molecular weight excluding hydrogens is 372 g/mol. The first-order chi connectivity index (χ1) is 14.7. The molecular formula is C26H24N2O2. The fraction of sp³-hybridized carbons (Fsp3) is 0.154. The lowest BCUT2D eigenvalue weighted by molar-refractivity contribution is 0.481. The van der Waals surface area contributed by atoms with Gasteiger partial charge in [0.05, 0.1) is 6.42 Å². The summed E-state index contributed by atoms with van der Waals surface area (Å²) in [4.78, 5) is 0. The molecule has 0 radical (unpaired) electrons. The summed E-state index contributed by atoms with van der Waals surface area (Å²) in [6, 6.07) is 26.0. The molecule has 0 aliphatic heterocycles. The SMILES string of the molecule is CC(C)c1ccccc1/C=C/c1nnc(Cc2ccc(Oc3ccccc3)cc2)o1. The van der Waals surface area contributed by atoms with E-state index in [2.05, 4.69) is 42.2 Å². The van der Waals surface area contributed by atoms with Crippen LogP contribution in [0.25, 0.3) is 12.2 Å². The lowest BCUT2D eigenvalue weighted by Gasteiger charge is -2.08. The third-order valence-electron chi connectivity index (χ3n) is 4.76. The van der Waals surface area contributed by atoms with Crippen molar-refractivity contribution in [1.29, 1.82) is 0 Å². The van der Waals surface area contributed by atoms with E-state index in [0.717, 1.165) is 17.1 Å². The van der Waals surface area contributed by atoms with Gasteiger partial charge in [-0.1, -0.05) is 68.4 Å². The summed E-state index contributed by atoms with van der Waals surface area (Å²) in [6.07, 6.45) is 4.48. The van der Waals surface area contributed by atoms with Gasteiger partial charge in [0.1, 0.15) is 11.5 Å². The number of hydrogen-bond donors (Lipinski definition) is 0. The van der Waals surface area contributed by atoms with Crippen LogP contribution in [-0.2, 0) is 6.42 Å². The van der Waals surface area contributed by atoms with Gasteiger partial charge in [0.2, 0.25) is 11.8 Å². The first kappa shape index (κ1) is 19.6. The van der Waals surface area contributed by atoms with Crippen molar-refractivity contribution in [3.8, 4) is 11.5 Å². The van der Waals surface area contributed by atoms with Crippen molar-refractivity contribution in [2.45, 2.75) is 26.2 Å². The zero-order valence-corrected chi connectivity index (χ0v) is 17.2. The summed E-state index contributed by atoms with van der Waals surface area (Å²) in [7, 11) is 0. The Morgan fingerprint density at radius 3 is 2.27 bits per heavy atom. The third-order valence-corrected chi connectivity index (χ3v) is 4.76. The minimum Gasteiger partial charge on any atom is -0.457 e. The van der Waals surface area contributed by atoms with E-state index in [1.165, 1.54) is 11.1 Å². The molecule has 0 saturated heterocycles. The number of nitrogens with zero attached hydrogens (tertiary/aromatic N) is 2. The zero-order chi connectivity index (χ0) is 20.8. The quantitative estimate of drug-likeness (QED) is 0.347. The standard InChI is InChI=1S/C26H24N2O2/c1-19(2)24-11-7-6-8-21(24)14-17-25-27-28-26(30-25)18-20-12-15-23(16-13-20)29-22-9-4-3-5-10-22/h3-17,19H,18H2,1-2H3/b17-14+. The highest BCUT2D eigenvalue weighted by molar-refractivity contribution is 5.68. The maximum Gasteiger partial charge on any atom is 0.240 e. The summed E-state index contributed by atoms with van der Waals surface area (Å²) >= 11 is 0. The van der Waals surface area contributed by atoms with Crippen molar-refractivity contribution in [3.63, 3.8) is 0 Å². The van der Waals surface area contributed by atoms with Gasteiger partial charge in [-0.25, -0.2) is 0 Å². The van der Waals surface area contributed by atoms with Crippen LogP contribution >= 0.6 is 0 Å². The summed E-state index contributed by atoms with van der Waals surface area (Å²) in [5.41, 5.74) is 3.55. The van der Waals surface area contributed by atoms with Gasteiger partial charge in [-0.3, -0.25) is 0 Å². The van der Waals surface area contributed by atoms with Gasteiger partial charge in [0.25, 0.3) is 0 Å². The Kier molecular flexibility index (Phi) is 6.04. The second kappa shape index (κ2) is 9.23. The molecule has 4 aromatic rings. The smallest absolute Gasteiger partial charge is 0.240 e. The average Bonchev–Trinajstić information content (AvgIpc) is 3.22. The molecule has 30 heavy (non-hydrogen) atoms. The molecule has 0 atom stereocenters. The average molecular weight is 396 g/mol. The van der Waals surface area contributed by atoms with E-state index in [0.29, 0.717) is 24.1 Å². The van der Waals surface area contributed by atoms with Crippen molar-refractivity contribution < 1.29 is 9.15 Å². The van der Waals surface area contributed by atoms with Gasteiger partial charge in [0, 0.05) is 6.08 Å². The van der Waals surface area contributed by atoms with E-state index >= 15 is 0 Å². The lowest BCUT2D eigenvalue weighted by Crippen LogP contribution is -1.90. The Balaban J connectivity index is 1.40. The largest absolute Gasteiger partial charge is 0.457 e. The topological polar surface area (TPSA) is 48.2 Å². The van der Waals surface area contributed by atoms with E-state index in [9.17, 15) is 0 Å². The first-order valence-corrected chi connectivity index (χ1v) is 10.1. The summed E-state index contributed by atoms with van der Waals surface area (Å²) in [6.45, 7) is 4.38. The molecule has 0 saturated carbocycles. The van der Waals surface area contributed by atoms with Crippen molar-refractivity contribution in [2.24, 2.45) is 0 Å². The molecule has 0 aliphatic rings. The van der Waals surface area contributed by atoms with Crippen LogP contribution in [0, 0.1) is 0 Å². The third kappa shape index (κ3) is 5.03. The Morgan fingerprint density at radius 1 is 0.800 bits per heavy atom. The molecule has 4 nitrogen and oxygen atoms in total. The van der Waals surface area contributed by atoms with Crippen LogP contribution in [0.2, 0.25) is 0 Å². The second-order valence-electron chi connectivity index (χ2n) is 7.39. The molecule has 3 aromatic carbocycles. The monoisotopic (exact) mass is 396 g/mol. The van der Waals surface area contributed by atoms with E-state index in [1.54, 1.807) is 0 Å². The lowest BCUT2D eigenvalue weighted by atomic mass is 9.97. The Morgan fingerprint density at radius 2 is 1.50 bits per heavy atom. The first-order valence-electron chi connectivity index (χ1n) is 10.1. The Bertz CT molecular complexity index is 1110. The number of benzene rings is 3. The molecule has 0 fully saturated rings. The summed E-state index contributed by atoms with van der Waals surface area (Å²) in [5.74, 6) is 3.16. The molecule has 0 aliphatic carbocycles. The van der Waals surface area contributed by atoms with Crippen LogP contribution < -0.4 is 4.74 Å². The van der Waals surface area contributed by atoms with Crippen molar-refractivity contribution in [1.82, 2.24) is 10.2 Å². The van der Waals surface area contributed by atoms with Crippen LogP contribution in [0.3, 0.4) is 0 Å². The van der Waals surface area contributed by atoms with Crippen molar-refractivity contribution in [2.75, 3.05) is 0 Å². The predicted octanol–water partition coefficient (Wildman–Crippen LogP) is 6.75. The zero-order valence-electron chi connectivity index (χ0n) is 17.2. The van der Waals surface area contributed by atoms with Gasteiger partial charge >= 0.3 is 0 Å². The molecule has 0 unspecified atom stereocenters. The van der Waals surface area contributed by atoms with E-state index in [4.69, 9.17) is 9.15 Å². The van der Waals surface area contributed by atoms with Crippen LogP contribution in [0.1, 0.15) is 48.2 Å². The number of ether oxygens (including phenoxy) is 1.